The van der Waals surface area contributed by atoms with Crippen LogP contribution in [0.1, 0.15) is 18.1 Å². The quantitative estimate of drug-likeness (QED) is 0.915. The molecule has 0 aliphatic heterocycles. The third kappa shape index (κ3) is 3.83. The zero-order valence-electron chi connectivity index (χ0n) is 11.8. The van der Waals surface area contributed by atoms with Crippen LogP contribution in [-0.2, 0) is 11.2 Å². The summed E-state index contributed by atoms with van der Waals surface area (Å²) >= 11 is 0. The Morgan fingerprint density at radius 2 is 1.90 bits per heavy atom. The number of hydrogen-bond acceptors (Lipinski definition) is 3. The van der Waals surface area contributed by atoms with Gasteiger partial charge in [0.1, 0.15) is 11.8 Å². The Balaban J connectivity index is 1.98. The molecule has 0 aromatic heterocycles. The second-order valence-electron chi connectivity index (χ2n) is 4.46. The highest BCUT2D eigenvalue weighted by Gasteiger charge is 2.08. The van der Waals surface area contributed by atoms with Gasteiger partial charge in [0.15, 0.2) is 6.61 Å². The molecule has 4 nitrogen and oxygen atoms in total. The number of carbonyl (C=O) groups is 1. The minimum absolute atomic E-state index is 0.0865. The molecule has 0 saturated heterocycles. The Labute approximate surface area is 124 Å². The fourth-order valence-electron chi connectivity index (χ4n) is 1.96. The largest absolute Gasteiger partial charge is 0.483 e. The van der Waals surface area contributed by atoms with Crippen LogP contribution in [0, 0.1) is 11.3 Å². The number of hydrogen-bond donors (Lipinski definition) is 1. The smallest absolute Gasteiger partial charge is 0.262 e. The Morgan fingerprint density at radius 3 is 2.67 bits per heavy atom. The van der Waals surface area contributed by atoms with E-state index >= 15 is 0 Å². The molecule has 0 radical (unpaired) electrons. The average Bonchev–Trinajstić information content (AvgIpc) is 2.53. The van der Waals surface area contributed by atoms with Crippen molar-refractivity contribution >= 4 is 11.6 Å². The lowest BCUT2D eigenvalue weighted by Crippen LogP contribution is -2.21. The molecule has 0 aliphatic carbocycles. The summed E-state index contributed by atoms with van der Waals surface area (Å²) in [4.78, 5) is 11.9. The van der Waals surface area contributed by atoms with Crippen LogP contribution in [0.4, 0.5) is 5.69 Å². The van der Waals surface area contributed by atoms with E-state index in [0.717, 1.165) is 12.0 Å². The van der Waals surface area contributed by atoms with E-state index in [0.29, 0.717) is 17.0 Å². The maximum Gasteiger partial charge on any atom is 0.262 e. The van der Waals surface area contributed by atoms with Crippen molar-refractivity contribution in [1.29, 1.82) is 5.26 Å². The van der Waals surface area contributed by atoms with Gasteiger partial charge in [-0.2, -0.15) is 5.26 Å². The Morgan fingerprint density at radius 1 is 1.19 bits per heavy atom. The zero-order chi connectivity index (χ0) is 15.1. The van der Waals surface area contributed by atoms with Crippen LogP contribution in [0.2, 0.25) is 0 Å². The van der Waals surface area contributed by atoms with E-state index in [2.05, 4.69) is 5.32 Å². The van der Waals surface area contributed by atoms with Crippen molar-refractivity contribution in [3.05, 3.63) is 59.7 Å². The van der Waals surface area contributed by atoms with Crippen molar-refractivity contribution in [2.24, 2.45) is 0 Å². The van der Waals surface area contributed by atoms with Gasteiger partial charge in [0, 0.05) is 0 Å². The molecule has 21 heavy (non-hydrogen) atoms. The first-order valence-corrected chi connectivity index (χ1v) is 6.74. The number of carbonyl (C=O) groups excluding carboxylic acids is 1. The number of ether oxygens (including phenoxy) is 1. The number of rotatable bonds is 5. The van der Waals surface area contributed by atoms with Gasteiger partial charge in [0.25, 0.3) is 5.91 Å². The van der Waals surface area contributed by atoms with Crippen LogP contribution in [0.3, 0.4) is 0 Å². The number of aryl methyl sites for hydroxylation is 1. The van der Waals surface area contributed by atoms with E-state index in [1.165, 1.54) is 0 Å². The topological polar surface area (TPSA) is 62.1 Å². The Hall–Kier alpha value is -2.80. The number of anilines is 1. The maximum atomic E-state index is 11.9. The van der Waals surface area contributed by atoms with E-state index in [1.807, 2.05) is 37.3 Å². The van der Waals surface area contributed by atoms with E-state index in [1.54, 1.807) is 24.3 Å². The first kappa shape index (κ1) is 14.6. The summed E-state index contributed by atoms with van der Waals surface area (Å²) in [6, 6.07) is 16.5. The highest BCUT2D eigenvalue weighted by Crippen LogP contribution is 2.18. The lowest BCUT2D eigenvalue weighted by Gasteiger charge is -2.11. The average molecular weight is 280 g/mol. The van der Waals surface area contributed by atoms with Gasteiger partial charge in [-0.3, -0.25) is 4.79 Å². The number of benzene rings is 2. The summed E-state index contributed by atoms with van der Waals surface area (Å²) in [5, 5.41) is 11.7. The van der Waals surface area contributed by atoms with Crippen molar-refractivity contribution in [2.75, 3.05) is 11.9 Å². The van der Waals surface area contributed by atoms with Crippen LogP contribution in [0.5, 0.6) is 5.75 Å². The molecular formula is C17H16N2O2. The first-order valence-electron chi connectivity index (χ1n) is 6.74. The number of amides is 1. The Kier molecular flexibility index (Phi) is 4.94. The van der Waals surface area contributed by atoms with Crippen molar-refractivity contribution in [1.82, 2.24) is 0 Å². The summed E-state index contributed by atoms with van der Waals surface area (Å²) in [7, 11) is 0. The van der Waals surface area contributed by atoms with E-state index in [9.17, 15) is 4.79 Å². The summed E-state index contributed by atoms with van der Waals surface area (Å²) in [5.41, 5.74) is 1.99. The van der Waals surface area contributed by atoms with E-state index in [4.69, 9.17) is 10.00 Å². The van der Waals surface area contributed by atoms with Crippen LogP contribution in [-0.4, -0.2) is 12.5 Å². The molecule has 0 bridgehead atoms. The molecule has 1 N–H and O–H groups in total. The normalized spacial score (nSPS) is 9.71. The molecule has 0 spiro atoms. The SMILES string of the molecule is CCc1ccccc1OCC(=O)Nc1ccccc1C#N. The number of para-hydroxylation sites is 2. The molecule has 4 heteroatoms. The van der Waals surface area contributed by atoms with Crippen LogP contribution in [0.15, 0.2) is 48.5 Å². The van der Waals surface area contributed by atoms with Gasteiger partial charge in [-0.25, -0.2) is 0 Å². The van der Waals surface area contributed by atoms with Crippen LogP contribution < -0.4 is 10.1 Å². The monoisotopic (exact) mass is 280 g/mol. The maximum absolute atomic E-state index is 11.9. The zero-order valence-corrected chi connectivity index (χ0v) is 11.8. The van der Waals surface area contributed by atoms with Crippen LogP contribution in [0.25, 0.3) is 0 Å². The molecule has 0 atom stereocenters. The fourth-order valence-corrected chi connectivity index (χ4v) is 1.96. The number of nitriles is 1. The summed E-state index contributed by atoms with van der Waals surface area (Å²) < 4.78 is 5.54. The van der Waals surface area contributed by atoms with Gasteiger partial charge in [0.05, 0.1) is 11.3 Å². The van der Waals surface area contributed by atoms with Crippen molar-refractivity contribution in [3.63, 3.8) is 0 Å². The second-order valence-corrected chi connectivity index (χ2v) is 4.46. The molecular weight excluding hydrogens is 264 g/mol. The van der Waals surface area contributed by atoms with Gasteiger partial charge in [-0.15, -0.1) is 0 Å². The molecule has 1 amide bonds. The molecule has 2 rings (SSSR count). The molecule has 0 heterocycles. The van der Waals surface area contributed by atoms with Gasteiger partial charge < -0.3 is 10.1 Å². The summed E-state index contributed by atoms with van der Waals surface area (Å²) in [6.07, 6.45) is 0.842. The lowest BCUT2D eigenvalue weighted by atomic mass is 10.1. The van der Waals surface area contributed by atoms with Crippen molar-refractivity contribution < 1.29 is 9.53 Å². The molecule has 106 valence electrons. The van der Waals surface area contributed by atoms with Crippen molar-refractivity contribution in [2.45, 2.75) is 13.3 Å². The van der Waals surface area contributed by atoms with Crippen LogP contribution >= 0.6 is 0 Å². The fraction of sp³-hybridized carbons (Fsp3) is 0.176. The predicted molar refractivity (Wildman–Crippen MR) is 81.1 cm³/mol. The number of nitrogens with one attached hydrogen (secondary N) is 1. The van der Waals surface area contributed by atoms with E-state index in [-0.39, 0.29) is 12.5 Å². The van der Waals surface area contributed by atoms with Crippen molar-refractivity contribution in [3.8, 4) is 11.8 Å². The summed E-state index contributed by atoms with van der Waals surface area (Å²) in [5.74, 6) is 0.423. The van der Waals surface area contributed by atoms with Gasteiger partial charge in [-0.1, -0.05) is 37.3 Å². The molecule has 2 aromatic carbocycles. The minimum atomic E-state index is -0.288. The second kappa shape index (κ2) is 7.11. The van der Waals surface area contributed by atoms with E-state index < -0.39 is 0 Å². The Bertz CT molecular complexity index is 674. The number of nitrogens with zero attached hydrogens (tertiary/aromatic N) is 1. The lowest BCUT2D eigenvalue weighted by molar-refractivity contribution is -0.118. The van der Waals surface area contributed by atoms with Gasteiger partial charge >= 0.3 is 0 Å². The molecule has 0 unspecified atom stereocenters. The standard InChI is InChI=1S/C17H16N2O2/c1-2-13-7-4-6-10-16(13)21-12-17(20)19-15-9-5-3-8-14(15)11-18/h3-10H,2,12H2,1H3,(H,19,20). The summed E-state index contributed by atoms with van der Waals surface area (Å²) in [6.45, 7) is 1.95. The predicted octanol–water partition coefficient (Wildman–Crippen LogP) is 3.14. The molecule has 0 aliphatic rings. The third-order valence-electron chi connectivity index (χ3n) is 3.03. The van der Waals surface area contributed by atoms with Gasteiger partial charge in [0.2, 0.25) is 0 Å². The molecule has 2 aromatic rings. The highest BCUT2D eigenvalue weighted by molar-refractivity contribution is 5.93. The minimum Gasteiger partial charge on any atom is -0.483 e. The first-order chi connectivity index (χ1) is 10.2. The molecule has 0 saturated carbocycles. The molecule has 0 fully saturated rings. The van der Waals surface area contributed by atoms with Gasteiger partial charge in [-0.05, 0) is 30.2 Å². The highest BCUT2D eigenvalue weighted by atomic mass is 16.5. The third-order valence-corrected chi connectivity index (χ3v) is 3.03.